The van der Waals surface area contributed by atoms with Gasteiger partial charge in [0.1, 0.15) is 17.4 Å². The summed E-state index contributed by atoms with van der Waals surface area (Å²) in [5, 5.41) is 38.6. The number of rotatable bonds is 7. The van der Waals surface area contributed by atoms with E-state index in [9.17, 15) is 9.90 Å². The van der Waals surface area contributed by atoms with Crippen molar-refractivity contribution in [2.45, 2.75) is 0 Å². The first kappa shape index (κ1) is 16.5. The van der Waals surface area contributed by atoms with E-state index >= 15 is 0 Å². The Morgan fingerprint density at radius 1 is 1.33 bits per heavy atom. The summed E-state index contributed by atoms with van der Waals surface area (Å²) in [5.41, 5.74) is 0.192. The molecule has 0 aliphatic carbocycles. The van der Waals surface area contributed by atoms with E-state index in [0.29, 0.717) is 5.69 Å². The Morgan fingerprint density at radius 2 is 2.00 bits per heavy atom. The molecular formula is C14H17N3O4. The number of carbonyl (C=O) groups excluding carboxylic acids is 1. The van der Waals surface area contributed by atoms with E-state index in [4.69, 9.17) is 15.5 Å². The smallest absolute Gasteiger partial charge is 0.267 e. The maximum Gasteiger partial charge on any atom is 0.267 e. The van der Waals surface area contributed by atoms with Gasteiger partial charge in [-0.15, -0.1) is 0 Å². The van der Waals surface area contributed by atoms with Crippen LogP contribution in [-0.2, 0) is 4.79 Å². The van der Waals surface area contributed by atoms with Gasteiger partial charge in [-0.1, -0.05) is 6.07 Å². The van der Waals surface area contributed by atoms with E-state index in [0.717, 1.165) is 0 Å². The summed E-state index contributed by atoms with van der Waals surface area (Å²) in [6.45, 7) is 0.0725. The summed E-state index contributed by atoms with van der Waals surface area (Å²) in [4.78, 5) is 13.4. The van der Waals surface area contributed by atoms with Gasteiger partial charge in [0, 0.05) is 31.0 Å². The number of nitrogens with one attached hydrogen (secondary N) is 1. The molecule has 0 atom stereocenters. The van der Waals surface area contributed by atoms with Gasteiger partial charge in [-0.25, -0.2) is 0 Å². The van der Waals surface area contributed by atoms with Crippen molar-refractivity contribution in [3.8, 4) is 11.8 Å². The monoisotopic (exact) mass is 291 g/mol. The van der Waals surface area contributed by atoms with Gasteiger partial charge in [-0.05, 0) is 12.1 Å². The molecule has 4 N–H and O–H groups in total. The molecule has 1 rings (SSSR count). The normalized spacial score (nSPS) is 10.8. The van der Waals surface area contributed by atoms with Crippen LogP contribution in [0.4, 0.5) is 5.69 Å². The minimum Gasteiger partial charge on any atom is -0.508 e. The van der Waals surface area contributed by atoms with Crippen LogP contribution in [0.2, 0.25) is 0 Å². The van der Waals surface area contributed by atoms with Crippen molar-refractivity contribution in [3.05, 3.63) is 36.0 Å². The van der Waals surface area contributed by atoms with Crippen LogP contribution < -0.4 is 5.32 Å². The fraction of sp³-hybridized carbons (Fsp3) is 0.286. The second kappa shape index (κ2) is 8.58. The molecule has 0 heterocycles. The fourth-order valence-corrected chi connectivity index (χ4v) is 1.60. The zero-order valence-electron chi connectivity index (χ0n) is 11.4. The van der Waals surface area contributed by atoms with Gasteiger partial charge in [0.25, 0.3) is 5.91 Å². The number of hydrogen-bond donors (Lipinski definition) is 4. The number of hydrogen-bond acceptors (Lipinski definition) is 6. The van der Waals surface area contributed by atoms with Crippen molar-refractivity contribution in [1.29, 1.82) is 5.26 Å². The molecule has 0 unspecified atom stereocenters. The first-order valence-corrected chi connectivity index (χ1v) is 6.28. The van der Waals surface area contributed by atoms with Gasteiger partial charge in [-0.3, -0.25) is 4.79 Å². The first-order chi connectivity index (χ1) is 10.1. The molecule has 0 aliphatic rings. The lowest BCUT2D eigenvalue weighted by Crippen LogP contribution is -2.26. The zero-order chi connectivity index (χ0) is 15.7. The zero-order valence-corrected chi connectivity index (χ0v) is 11.4. The molecule has 0 saturated heterocycles. The Kier molecular flexibility index (Phi) is 6.74. The highest BCUT2D eigenvalue weighted by Gasteiger charge is 2.11. The number of aromatic hydroxyl groups is 1. The molecule has 0 bridgehead atoms. The van der Waals surface area contributed by atoms with Crippen LogP contribution in [0, 0.1) is 11.3 Å². The fourth-order valence-electron chi connectivity index (χ4n) is 1.60. The highest BCUT2D eigenvalue weighted by Crippen LogP contribution is 2.16. The largest absolute Gasteiger partial charge is 0.508 e. The van der Waals surface area contributed by atoms with Gasteiger partial charge in [0.2, 0.25) is 0 Å². The van der Waals surface area contributed by atoms with Crippen LogP contribution in [0.25, 0.3) is 0 Å². The highest BCUT2D eigenvalue weighted by atomic mass is 16.3. The van der Waals surface area contributed by atoms with Crippen LogP contribution in [0.15, 0.2) is 36.0 Å². The lowest BCUT2D eigenvalue weighted by Gasteiger charge is -2.18. The van der Waals surface area contributed by atoms with Crippen molar-refractivity contribution in [2.24, 2.45) is 0 Å². The van der Waals surface area contributed by atoms with Crippen LogP contribution in [0.5, 0.6) is 5.75 Å². The Labute approximate surface area is 122 Å². The molecule has 1 amide bonds. The topological polar surface area (TPSA) is 117 Å². The van der Waals surface area contributed by atoms with Crippen LogP contribution >= 0.6 is 0 Å². The molecular weight excluding hydrogens is 274 g/mol. The van der Waals surface area contributed by atoms with Crippen LogP contribution in [0.1, 0.15) is 0 Å². The maximum atomic E-state index is 12.0. The van der Waals surface area contributed by atoms with E-state index in [2.05, 4.69) is 5.32 Å². The lowest BCUT2D eigenvalue weighted by molar-refractivity contribution is -0.112. The van der Waals surface area contributed by atoms with Crippen molar-refractivity contribution >= 4 is 11.6 Å². The molecule has 0 radical (unpaired) electrons. The molecule has 7 heteroatoms. The van der Waals surface area contributed by atoms with E-state index in [1.165, 1.54) is 23.2 Å². The number of nitrogens with zero attached hydrogens (tertiary/aromatic N) is 2. The third-order valence-electron chi connectivity index (χ3n) is 2.56. The predicted molar refractivity (Wildman–Crippen MR) is 76.2 cm³/mol. The average molecular weight is 291 g/mol. The average Bonchev–Trinajstić information content (AvgIpc) is 2.45. The summed E-state index contributed by atoms with van der Waals surface area (Å²) >= 11 is 0. The van der Waals surface area contributed by atoms with Gasteiger partial charge in [-0.2, -0.15) is 5.26 Å². The second-order valence-electron chi connectivity index (χ2n) is 4.14. The third-order valence-corrected chi connectivity index (χ3v) is 2.56. The molecule has 1 aromatic rings. The Hall–Kier alpha value is -2.56. The molecule has 112 valence electrons. The van der Waals surface area contributed by atoms with Gasteiger partial charge in [0.05, 0.1) is 13.2 Å². The quantitative estimate of drug-likeness (QED) is 0.416. The lowest BCUT2D eigenvalue weighted by atomic mass is 10.2. The molecule has 0 aromatic heterocycles. The summed E-state index contributed by atoms with van der Waals surface area (Å²) in [5.74, 6) is -0.638. The van der Waals surface area contributed by atoms with Crippen molar-refractivity contribution < 1.29 is 20.1 Å². The molecule has 0 fully saturated rings. The minimum atomic E-state index is -0.635. The molecule has 0 saturated carbocycles. The van der Waals surface area contributed by atoms with Gasteiger partial charge < -0.3 is 25.5 Å². The molecule has 0 aliphatic heterocycles. The van der Waals surface area contributed by atoms with Crippen molar-refractivity contribution in [1.82, 2.24) is 4.90 Å². The first-order valence-electron chi connectivity index (χ1n) is 6.28. The summed E-state index contributed by atoms with van der Waals surface area (Å²) in [6, 6.07) is 7.71. The number of benzene rings is 1. The Balaban J connectivity index is 2.83. The minimum absolute atomic E-state index is 0.00234. The number of phenolic OH excluding ortho intramolecular Hbond substituents is 1. The van der Waals surface area contributed by atoms with Gasteiger partial charge in [0.15, 0.2) is 0 Å². The third kappa shape index (κ3) is 5.52. The number of aliphatic hydroxyl groups excluding tert-OH is 2. The molecule has 0 spiro atoms. The maximum absolute atomic E-state index is 12.0. The number of amides is 1. The van der Waals surface area contributed by atoms with Crippen molar-refractivity contribution in [2.75, 3.05) is 31.6 Å². The standard InChI is InChI=1S/C14H17N3O4/c15-9-11(10-17(4-6-18)5-7-19)14(21)16-12-2-1-3-13(20)8-12/h1-3,8,10,18-20H,4-7H2,(H,16,21)/b11-10-. The number of aliphatic hydroxyl groups is 2. The van der Waals surface area contributed by atoms with Crippen LogP contribution in [-0.4, -0.2) is 52.4 Å². The van der Waals surface area contributed by atoms with Crippen molar-refractivity contribution in [3.63, 3.8) is 0 Å². The Bertz CT molecular complexity index is 545. The molecule has 1 aromatic carbocycles. The summed E-state index contributed by atoms with van der Waals surface area (Å²) in [6.07, 6.45) is 1.28. The summed E-state index contributed by atoms with van der Waals surface area (Å²) < 4.78 is 0. The van der Waals surface area contributed by atoms with E-state index in [1.54, 1.807) is 18.2 Å². The Morgan fingerprint density at radius 3 is 2.52 bits per heavy atom. The predicted octanol–water partition coefficient (Wildman–Crippen LogP) is 0.0248. The number of nitriles is 1. The van der Waals surface area contributed by atoms with E-state index in [-0.39, 0.29) is 37.6 Å². The van der Waals surface area contributed by atoms with E-state index < -0.39 is 5.91 Å². The molecule has 21 heavy (non-hydrogen) atoms. The number of carbonyl (C=O) groups is 1. The summed E-state index contributed by atoms with van der Waals surface area (Å²) in [7, 11) is 0. The van der Waals surface area contributed by atoms with E-state index in [1.807, 2.05) is 0 Å². The van der Waals surface area contributed by atoms with Crippen LogP contribution in [0.3, 0.4) is 0 Å². The second-order valence-corrected chi connectivity index (χ2v) is 4.14. The molecule has 7 nitrogen and oxygen atoms in total. The highest BCUT2D eigenvalue weighted by molar-refractivity contribution is 6.06. The van der Waals surface area contributed by atoms with Gasteiger partial charge >= 0.3 is 0 Å². The number of anilines is 1. The number of phenols is 1. The SMILES string of the molecule is N#C/C(=C/N(CCO)CCO)C(=O)Nc1cccc(O)c1.